The Bertz CT molecular complexity index is 657. The van der Waals surface area contributed by atoms with Gasteiger partial charge in [-0.05, 0) is 42.3 Å². The number of fused-ring (bicyclic) bond motifs is 1. The highest BCUT2D eigenvalue weighted by Gasteiger charge is 2.26. The van der Waals surface area contributed by atoms with Gasteiger partial charge in [0.05, 0.1) is 7.11 Å². The maximum absolute atomic E-state index is 12.3. The van der Waals surface area contributed by atoms with Crippen molar-refractivity contribution in [3.63, 3.8) is 0 Å². The van der Waals surface area contributed by atoms with Crippen LogP contribution >= 0.6 is 0 Å². The van der Waals surface area contributed by atoms with Crippen LogP contribution in [0.5, 0.6) is 5.75 Å². The molecule has 1 amide bonds. The van der Waals surface area contributed by atoms with E-state index in [1.54, 1.807) is 7.11 Å². The van der Waals surface area contributed by atoms with Crippen LogP contribution in [0.25, 0.3) is 0 Å². The molecule has 4 heteroatoms. The van der Waals surface area contributed by atoms with Gasteiger partial charge in [0.1, 0.15) is 11.8 Å². The van der Waals surface area contributed by atoms with E-state index in [1.165, 1.54) is 5.56 Å². The minimum absolute atomic E-state index is 0.0178. The van der Waals surface area contributed by atoms with Crippen LogP contribution in [-0.2, 0) is 11.2 Å². The van der Waals surface area contributed by atoms with Gasteiger partial charge in [0.15, 0.2) is 0 Å². The topological polar surface area (TPSA) is 50.4 Å². The van der Waals surface area contributed by atoms with Crippen molar-refractivity contribution in [1.82, 2.24) is 0 Å². The first-order chi connectivity index (χ1) is 10.2. The fourth-order valence-electron chi connectivity index (χ4n) is 2.64. The van der Waals surface area contributed by atoms with Crippen LogP contribution in [0.1, 0.15) is 11.1 Å². The van der Waals surface area contributed by atoms with E-state index in [1.807, 2.05) is 49.4 Å². The molecule has 4 nitrogen and oxygen atoms in total. The summed E-state index contributed by atoms with van der Waals surface area (Å²) in [5.41, 5.74) is 4.01. The van der Waals surface area contributed by atoms with E-state index in [4.69, 9.17) is 4.74 Å². The molecule has 1 aliphatic rings. The average molecular weight is 282 g/mol. The Morgan fingerprint density at radius 1 is 1.29 bits per heavy atom. The summed E-state index contributed by atoms with van der Waals surface area (Å²) in [5.74, 6) is 0.801. The molecule has 0 saturated heterocycles. The molecular weight excluding hydrogens is 264 g/mol. The van der Waals surface area contributed by atoms with Gasteiger partial charge >= 0.3 is 0 Å². The molecule has 0 aliphatic carbocycles. The standard InChI is InChI=1S/C17H18N2O2/c1-11-9-13(7-8-16(11)21-2)18-17(20)15-10-12-5-3-4-6-14(12)19-15/h3-9,15,19H,10H2,1-2H3,(H,18,20)/t15-/m0/s1. The van der Waals surface area contributed by atoms with Gasteiger partial charge in [-0.1, -0.05) is 18.2 Å². The third-order valence-corrected chi connectivity index (χ3v) is 3.75. The molecular formula is C17H18N2O2. The van der Waals surface area contributed by atoms with E-state index in [9.17, 15) is 4.79 Å². The van der Waals surface area contributed by atoms with Crippen LogP contribution in [0.15, 0.2) is 42.5 Å². The van der Waals surface area contributed by atoms with Gasteiger partial charge in [-0.25, -0.2) is 0 Å². The first kappa shape index (κ1) is 13.5. The monoisotopic (exact) mass is 282 g/mol. The van der Waals surface area contributed by atoms with Crippen molar-refractivity contribution in [2.75, 3.05) is 17.7 Å². The Morgan fingerprint density at radius 2 is 2.10 bits per heavy atom. The Balaban J connectivity index is 1.69. The number of benzene rings is 2. The molecule has 0 bridgehead atoms. The third kappa shape index (κ3) is 2.70. The van der Waals surface area contributed by atoms with Crippen molar-refractivity contribution < 1.29 is 9.53 Å². The molecule has 0 fully saturated rings. The van der Waals surface area contributed by atoms with Crippen molar-refractivity contribution in [3.8, 4) is 5.75 Å². The van der Waals surface area contributed by atoms with Gasteiger partial charge < -0.3 is 15.4 Å². The summed E-state index contributed by atoms with van der Waals surface area (Å²) in [5, 5.41) is 6.21. The molecule has 21 heavy (non-hydrogen) atoms. The zero-order valence-electron chi connectivity index (χ0n) is 12.1. The second-order valence-electron chi connectivity index (χ2n) is 5.23. The van der Waals surface area contributed by atoms with Crippen molar-refractivity contribution in [2.45, 2.75) is 19.4 Å². The lowest BCUT2D eigenvalue weighted by Crippen LogP contribution is -2.32. The summed E-state index contributed by atoms with van der Waals surface area (Å²) in [6.45, 7) is 1.96. The van der Waals surface area contributed by atoms with Crippen LogP contribution < -0.4 is 15.4 Å². The number of hydrogen-bond donors (Lipinski definition) is 2. The lowest BCUT2D eigenvalue weighted by atomic mass is 10.1. The van der Waals surface area contributed by atoms with E-state index in [0.29, 0.717) is 0 Å². The van der Waals surface area contributed by atoms with Gasteiger partial charge in [-0.3, -0.25) is 4.79 Å². The van der Waals surface area contributed by atoms with E-state index < -0.39 is 0 Å². The Hall–Kier alpha value is -2.49. The molecule has 1 aliphatic heterocycles. The number of anilines is 2. The lowest BCUT2D eigenvalue weighted by molar-refractivity contribution is -0.116. The smallest absolute Gasteiger partial charge is 0.247 e. The molecule has 108 valence electrons. The predicted molar refractivity (Wildman–Crippen MR) is 83.9 cm³/mol. The zero-order chi connectivity index (χ0) is 14.8. The number of hydrogen-bond acceptors (Lipinski definition) is 3. The number of carbonyl (C=O) groups is 1. The molecule has 0 unspecified atom stereocenters. The third-order valence-electron chi connectivity index (χ3n) is 3.75. The number of rotatable bonds is 3. The summed E-state index contributed by atoms with van der Waals surface area (Å²) < 4.78 is 5.22. The van der Waals surface area contributed by atoms with Gasteiger partial charge in [-0.15, -0.1) is 0 Å². The van der Waals surface area contributed by atoms with E-state index in [2.05, 4.69) is 10.6 Å². The highest BCUT2D eigenvalue weighted by Crippen LogP contribution is 2.26. The minimum Gasteiger partial charge on any atom is -0.496 e. The van der Waals surface area contributed by atoms with Crippen molar-refractivity contribution >= 4 is 17.3 Å². The first-order valence-electron chi connectivity index (χ1n) is 6.97. The number of methoxy groups -OCH3 is 1. The van der Waals surface area contributed by atoms with Gasteiger partial charge in [0, 0.05) is 17.8 Å². The molecule has 0 spiro atoms. The van der Waals surface area contributed by atoms with E-state index in [-0.39, 0.29) is 11.9 Å². The van der Waals surface area contributed by atoms with Crippen LogP contribution in [-0.4, -0.2) is 19.1 Å². The molecule has 2 N–H and O–H groups in total. The van der Waals surface area contributed by atoms with E-state index in [0.717, 1.165) is 29.1 Å². The highest BCUT2D eigenvalue weighted by molar-refractivity contribution is 5.98. The fourth-order valence-corrected chi connectivity index (χ4v) is 2.64. The normalized spacial score (nSPS) is 16.0. The predicted octanol–water partition coefficient (Wildman–Crippen LogP) is 2.98. The van der Waals surface area contributed by atoms with Crippen molar-refractivity contribution in [3.05, 3.63) is 53.6 Å². The molecule has 3 rings (SSSR count). The van der Waals surface area contributed by atoms with Gasteiger partial charge in [-0.2, -0.15) is 0 Å². The van der Waals surface area contributed by atoms with Gasteiger partial charge in [0.2, 0.25) is 5.91 Å². The number of amides is 1. The summed E-state index contributed by atoms with van der Waals surface area (Å²) >= 11 is 0. The van der Waals surface area contributed by atoms with Crippen molar-refractivity contribution in [1.29, 1.82) is 0 Å². The summed E-state index contributed by atoms with van der Waals surface area (Å²) in [7, 11) is 1.64. The van der Waals surface area contributed by atoms with E-state index >= 15 is 0 Å². The second-order valence-corrected chi connectivity index (χ2v) is 5.23. The number of ether oxygens (including phenoxy) is 1. The molecule has 1 atom stereocenters. The molecule has 2 aromatic rings. The maximum atomic E-state index is 12.3. The Kier molecular flexibility index (Phi) is 3.52. The molecule has 1 heterocycles. The second kappa shape index (κ2) is 5.48. The molecule has 2 aromatic carbocycles. The van der Waals surface area contributed by atoms with Crippen LogP contribution in [0, 0.1) is 6.92 Å². The summed E-state index contributed by atoms with van der Waals surface area (Å²) in [6.07, 6.45) is 0.719. The molecule has 0 saturated carbocycles. The number of nitrogens with one attached hydrogen (secondary N) is 2. The van der Waals surface area contributed by atoms with Gasteiger partial charge in [0.25, 0.3) is 0 Å². The first-order valence-corrected chi connectivity index (χ1v) is 6.97. The lowest BCUT2D eigenvalue weighted by Gasteiger charge is -2.13. The maximum Gasteiger partial charge on any atom is 0.247 e. The molecule has 0 aromatic heterocycles. The number of carbonyl (C=O) groups excluding carboxylic acids is 1. The minimum atomic E-state index is -0.218. The highest BCUT2D eigenvalue weighted by atomic mass is 16.5. The Labute approximate surface area is 124 Å². The summed E-state index contributed by atoms with van der Waals surface area (Å²) in [6, 6.07) is 13.4. The van der Waals surface area contributed by atoms with Crippen LogP contribution in [0.3, 0.4) is 0 Å². The quantitative estimate of drug-likeness (QED) is 0.910. The largest absolute Gasteiger partial charge is 0.496 e. The number of aryl methyl sites for hydroxylation is 1. The zero-order valence-corrected chi connectivity index (χ0v) is 12.1. The van der Waals surface area contributed by atoms with Crippen molar-refractivity contribution in [2.24, 2.45) is 0 Å². The van der Waals surface area contributed by atoms with Crippen LogP contribution in [0.4, 0.5) is 11.4 Å². The SMILES string of the molecule is COc1ccc(NC(=O)[C@@H]2Cc3ccccc3N2)cc1C. The summed E-state index contributed by atoms with van der Waals surface area (Å²) in [4.78, 5) is 12.3. The van der Waals surface area contributed by atoms with Crippen LogP contribution in [0.2, 0.25) is 0 Å². The average Bonchev–Trinajstić information content (AvgIpc) is 2.91. The Morgan fingerprint density at radius 3 is 2.81 bits per heavy atom. The number of para-hydroxylation sites is 1. The molecule has 0 radical (unpaired) electrons. The fraction of sp³-hybridized carbons (Fsp3) is 0.235.